The van der Waals surface area contributed by atoms with Gasteiger partial charge in [-0.1, -0.05) is 32.3 Å². The van der Waals surface area contributed by atoms with Crippen LogP contribution in [0.5, 0.6) is 0 Å². The predicted octanol–water partition coefficient (Wildman–Crippen LogP) is 3.13. The van der Waals surface area contributed by atoms with Crippen molar-refractivity contribution in [2.24, 2.45) is 5.92 Å². The molecular weight excluding hydrogens is 284 g/mol. The van der Waals surface area contributed by atoms with Crippen molar-refractivity contribution in [1.29, 1.82) is 0 Å². The zero-order valence-corrected chi connectivity index (χ0v) is 14.0. The standard InChI is InChI=1S/C16H26N2O2S/c1-4-13-6-5-7-14(10-13)18-21(19,20)16-11(2)8-9-15(17)12(16)3/h8-9,13-14,18H,4-7,10,17H2,1-3H3. The Kier molecular flexibility index (Phi) is 4.94. The molecule has 0 aromatic heterocycles. The van der Waals surface area contributed by atoms with E-state index in [-0.39, 0.29) is 6.04 Å². The van der Waals surface area contributed by atoms with Crippen molar-refractivity contribution in [2.75, 3.05) is 5.73 Å². The van der Waals surface area contributed by atoms with Gasteiger partial charge in [0.1, 0.15) is 0 Å². The number of nitrogens with two attached hydrogens (primary N) is 1. The van der Waals surface area contributed by atoms with Crippen molar-refractivity contribution in [3.05, 3.63) is 23.3 Å². The molecule has 1 aliphatic carbocycles. The van der Waals surface area contributed by atoms with Crippen LogP contribution in [0.1, 0.15) is 50.2 Å². The van der Waals surface area contributed by atoms with Gasteiger partial charge < -0.3 is 5.73 Å². The highest BCUT2D eigenvalue weighted by molar-refractivity contribution is 7.89. The van der Waals surface area contributed by atoms with E-state index in [2.05, 4.69) is 11.6 Å². The highest BCUT2D eigenvalue weighted by Crippen LogP contribution is 2.29. The molecule has 0 radical (unpaired) electrons. The predicted molar refractivity (Wildman–Crippen MR) is 86.7 cm³/mol. The Labute approximate surface area is 128 Å². The van der Waals surface area contributed by atoms with E-state index in [0.717, 1.165) is 31.2 Å². The lowest BCUT2D eigenvalue weighted by Gasteiger charge is -2.29. The fourth-order valence-electron chi connectivity index (χ4n) is 3.30. The second-order valence-corrected chi connectivity index (χ2v) is 7.84. The molecule has 0 amide bonds. The molecule has 0 saturated heterocycles. The Morgan fingerprint density at radius 3 is 2.67 bits per heavy atom. The van der Waals surface area contributed by atoms with Crippen molar-refractivity contribution < 1.29 is 8.42 Å². The summed E-state index contributed by atoms with van der Waals surface area (Å²) in [5, 5.41) is 0. The van der Waals surface area contributed by atoms with Gasteiger partial charge in [-0.15, -0.1) is 0 Å². The van der Waals surface area contributed by atoms with Crippen LogP contribution >= 0.6 is 0 Å². The van der Waals surface area contributed by atoms with E-state index in [1.165, 1.54) is 6.42 Å². The van der Waals surface area contributed by atoms with Crippen molar-refractivity contribution in [2.45, 2.75) is 63.8 Å². The minimum atomic E-state index is -3.51. The maximum absolute atomic E-state index is 12.7. The molecular formula is C16H26N2O2S. The van der Waals surface area contributed by atoms with Gasteiger partial charge in [0.15, 0.2) is 0 Å². The minimum Gasteiger partial charge on any atom is -0.398 e. The van der Waals surface area contributed by atoms with Crippen LogP contribution in [0.15, 0.2) is 17.0 Å². The molecule has 5 heteroatoms. The molecule has 1 fully saturated rings. The number of anilines is 1. The van der Waals surface area contributed by atoms with Crippen molar-refractivity contribution in [1.82, 2.24) is 4.72 Å². The molecule has 118 valence electrons. The quantitative estimate of drug-likeness (QED) is 0.839. The topological polar surface area (TPSA) is 72.2 Å². The van der Waals surface area contributed by atoms with Gasteiger partial charge in [-0.25, -0.2) is 13.1 Å². The van der Waals surface area contributed by atoms with Gasteiger partial charge in [0, 0.05) is 11.7 Å². The number of hydrogen-bond acceptors (Lipinski definition) is 3. The molecule has 0 aliphatic heterocycles. The summed E-state index contributed by atoms with van der Waals surface area (Å²) in [6.07, 6.45) is 5.30. The van der Waals surface area contributed by atoms with E-state index in [1.54, 1.807) is 19.1 Å². The smallest absolute Gasteiger partial charge is 0.241 e. The summed E-state index contributed by atoms with van der Waals surface area (Å²) < 4.78 is 28.3. The first-order valence-electron chi connectivity index (χ1n) is 7.73. The van der Waals surface area contributed by atoms with Gasteiger partial charge in [0.05, 0.1) is 4.90 Å². The van der Waals surface area contributed by atoms with E-state index in [1.807, 2.05) is 6.92 Å². The average Bonchev–Trinajstić information content (AvgIpc) is 2.42. The Balaban J connectivity index is 2.25. The summed E-state index contributed by atoms with van der Waals surface area (Å²) in [4.78, 5) is 0.348. The SMILES string of the molecule is CCC1CCCC(NS(=O)(=O)c2c(C)ccc(N)c2C)C1. The van der Waals surface area contributed by atoms with Crippen LogP contribution in [0.2, 0.25) is 0 Å². The van der Waals surface area contributed by atoms with E-state index in [0.29, 0.717) is 22.1 Å². The molecule has 0 bridgehead atoms. The maximum atomic E-state index is 12.7. The molecule has 0 spiro atoms. The van der Waals surface area contributed by atoms with Crippen LogP contribution in [-0.4, -0.2) is 14.5 Å². The fourth-order valence-corrected chi connectivity index (χ4v) is 5.09. The number of aryl methyl sites for hydroxylation is 1. The van der Waals surface area contributed by atoms with E-state index in [4.69, 9.17) is 5.73 Å². The van der Waals surface area contributed by atoms with Crippen molar-refractivity contribution >= 4 is 15.7 Å². The lowest BCUT2D eigenvalue weighted by Crippen LogP contribution is -2.38. The van der Waals surface area contributed by atoms with Crippen LogP contribution in [0.25, 0.3) is 0 Å². The van der Waals surface area contributed by atoms with Crippen LogP contribution in [0.3, 0.4) is 0 Å². The van der Waals surface area contributed by atoms with Gasteiger partial charge in [0.2, 0.25) is 10.0 Å². The number of sulfonamides is 1. The Hall–Kier alpha value is -1.07. The van der Waals surface area contributed by atoms with Gasteiger partial charge in [-0.05, 0) is 49.8 Å². The summed E-state index contributed by atoms with van der Waals surface area (Å²) in [5.74, 6) is 0.634. The highest BCUT2D eigenvalue weighted by Gasteiger charge is 2.27. The van der Waals surface area contributed by atoms with E-state index >= 15 is 0 Å². The fraction of sp³-hybridized carbons (Fsp3) is 0.625. The summed E-state index contributed by atoms with van der Waals surface area (Å²) in [5.41, 5.74) is 7.79. The largest absolute Gasteiger partial charge is 0.398 e. The first-order chi connectivity index (χ1) is 9.85. The molecule has 1 aromatic rings. The van der Waals surface area contributed by atoms with Crippen LogP contribution < -0.4 is 10.5 Å². The third kappa shape index (κ3) is 3.58. The summed E-state index contributed by atoms with van der Waals surface area (Å²) >= 11 is 0. The zero-order valence-electron chi connectivity index (χ0n) is 13.1. The summed E-state index contributed by atoms with van der Waals surface area (Å²) in [7, 11) is -3.51. The number of nitrogen functional groups attached to an aromatic ring is 1. The Bertz CT molecular complexity index is 611. The molecule has 2 rings (SSSR count). The van der Waals surface area contributed by atoms with E-state index < -0.39 is 10.0 Å². The molecule has 1 aliphatic rings. The number of benzene rings is 1. The third-order valence-electron chi connectivity index (χ3n) is 4.60. The Morgan fingerprint density at radius 2 is 2.00 bits per heavy atom. The first-order valence-corrected chi connectivity index (χ1v) is 9.21. The number of nitrogens with one attached hydrogen (secondary N) is 1. The second kappa shape index (κ2) is 6.36. The first kappa shape index (κ1) is 16.3. The van der Waals surface area contributed by atoms with Gasteiger partial charge in [0.25, 0.3) is 0 Å². The molecule has 21 heavy (non-hydrogen) atoms. The lowest BCUT2D eigenvalue weighted by molar-refractivity contribution is 0.301. The number of hydrogen-bond donors (Lipinski definition) is 2. The second-order valence-electron chi connectivity index (χ2n) is 6.18. The maximum Gasteiger partial charge on any atom is 0.241 e. The van der Waals surface area contributed by atoms with Gasteiger partial charge >= 0.3 is 0 Å². The summed E-state index contributed by atoms with van der Waals surface area (Å²) in [6, 6.07) is 3.58. The highest BCUT2D eigenvalue weighted by atomic mass is 32.2. The number of rotatable bonds is 4. The van der Waals surface area contributed by atoms with Crippen LogP contribution in [0, 0.1) is 19.8 Å². The van der Waals surface area contributed by atoms with E-state index in [9.17, 15) is 8.42 Å². The minimum absolute atomic E-state index is 0.0499. The van der Waals surface area contributed by atoms with Crippen LogP contribution in [0.4, 0.5) is 5.69 Å². The van der Waals surface area contributed by atoms with Crippen molar-refractivity contribution in [3.8, 4) is 0 Å². The molecule has 2 atom stereocenters. The Morgan fingerprint density at radius 1 is 1.29 bits per heavy atom. The monoisotopic (exact) mass is 310 g/mol. The van der Waals surface area contributed by atoms with Crippen LogP contribution in [-0.2, 0) is 10.0 Å². The molecule has 1 saturated carbocycles. The van der Waals surface area contributed by atoms with Gasteiger partial charge in [-0.3, -0.25) is 0 Å². The molecule has 3 N–H and O–H groups in total. The van der Waals surface area contributed by atoms with Gasteiger partial charge in [-0.2, -0.15) is 0 Å². The molecule has 0 heterocycles. The zero-order chi connectivity index (χ0) is 15.6. The summed E-state index contributed by atoms with van der Waals surface area (Å²) in [6.45, 7) is 5.76. The molecule has 1 aromatic carbocycles. The lowest BCUT2D eigenvalue weighted by atomic mass is 9.85. The normalized spacial score (nSPS) is 23.2. The molecule has 4 nitrogen and oxygen atoms in total. The average molecular weight is 310 g/mol. The molecule has 2 unspecified atom stereocenters. The third-order valence-corrected chi connectivity index (χ3v) is 6.40. The van der Waals surface area contributed by atoms with Crippen molar-refractivity contribution in [3.63, 3.8) is 0 Å².